The Morgan fingerprint density at radius 1 is 1.44 bits per heavy atom. The average Bonchev–Trinajstić information content (AvgIpc) is 3.07. The summed E-state index contributed by atoms with van der Waals surface area (Å²) in [5.41, 5.74) is 1.79. The number of carbonyl (C=O) groups excluding carboxylic acids is 1. The van der Waals surface area contributed by atoms with Crippen molar-refractivity contribution in [3.05, 3.63) is 28.4 Å². The molecule has 0 spiro atoms. The maximum atomic E-state index is 12.9. The molecule has 1 saturated heterocycles. The Kier molecular flexibility index (Phi) is 3.67. The van der Waals surface area contributed by atoms with Crippen LogP contribution in [0.2, 0.25) is 0 Å². The van der Waals surface area contributed by atoms with E-state index in [0.717, 1.165) is 37.2 Å². The van der Waals surface area contributed by atoms with Crippen LogP contribution < -0.4 is 5.56 Å². The summed E-state index contributed by atoms with van der Waals surface area (Å²) in [6.07, 6.45) is 3.78. The lowest BCUT2D eigenvalue weighted by Gasteiger charge is -2.30. The molecule has 0 unspecified atom stereocenters. The van der Waals surface area contributed by atoms with Crippen LogP contribution in [0.5, 0.6) is 0 Å². The SMILES string of the molecule is Cc1cc2c(o1)c1cnn(CC(=O)N3CCC[C@@H](C)C3)c(=O)c1n2C. The van der Waals surface area contributed by atoms with Gasteiger partial charge >= 0.3 is 0 Å². The quantitative estimate of drug-likeness (QED) is 0.714. The fraction of sp³-hybridized carbons (Fsp3) is 0.500. The number of carbonyl (C=O) groups is 1. The van der Waals surface area contributed by atoms with Gasteiger partial charge < -0.3 is 13.9 Å². The van der Waals surface area contributed by atoms with Crippen LogP contribution >= 0.6 is 0 Å². The summed E-state index contributed by atoms with van der Waals surface area (Å²) < 4.78 is 8.77. The number of piperidine rings is 1. The average molecular weight is 342 g/mol. The topological polar surface area (TPSA) is 73.3 Å². The third kappa shape index (κ3) is 2.54. The van der Waals surface area contributed by atoms with Crippen molar-refractivity contribution in [1.82, 2.24) is 19.2 Å². The predicted molar refractivity (Wildman–Crippen MR) is 94.5 cm³/mol. The van der Waals surface area contributed by atoms with Crippen LogP contribution in [-0.4, -0.2) is 38.2 Å². The monoisotopic (exact) mass is 342 g/mol. The zero-order valence-corrected chi connectivity index (χ0v) is 14.8. The van der Waals surface area contributed by atoms with Crippen molar-refractivity contribution in [1.29, 1.82) is 0 Å². The molecule has 0 bridgehead atoms. The number of amides is 1. The van der Waals surface area contributed by atoms with E-state index in [9.17, 15) is 9.59 Å². The summed E-state index contributed by atoms with van der Waals surface area (Å²) in [5.74, 6) is 1.25. The van der Waals surface area contributed by atoms with Crippen LogP contribution in [0.15, 0.2) is 21.5 Å². The summed E-state index contributed by atoms with van der Waals surface area (Å²) in [6.45, 7) is 5.52. The molecule has 1 aliphatic rings. The molecule has 3 aromatic rings. The second-order valence-corrected chi connectivity index (χ2v) is 7.09. The van der Waals surface area contributed by atoms with Crippen molar-refractivity contribution in [3.8, 4) is 0 Å². The van der Waals surface area contributed by atoms with Gasteiger partial charge in [0, 0.05) is 26.2 Å². The third-order valence-electron chi connectivity index (χ3n) is 5.09. The number of hydrogen-bond donors (Lipinski definition) is 0. The van der Waals surface area contributed by atoms with E-state index >= 15 is 0 Å². The van der Waals surface area contributed by atoms with E-state index < -0.39 is 0 Å². The number of fused-ring (bicyclic) bond motifs is 3. The molecule has 4 heterocycles. The first kappa shape index (κ1) is 15.9. The summed E-state index contributed by atoms with van der Waals surface area (Å²) >= 11 is 0. The zero-order valence-electron chi connectivity index (χ0n) is 14.8. The lowest BCUT2D eigenvalue weighted by Crippen LogP contribution is -2.42. The highest BCUT2D eigenvalue weighted by atomic mass is 16.3. The van der Waals surface area contributed by atoms with Gasteiger partial charge in [0.05, 0.1) is 17.1 Å². The van der Waals surface area contributed by atoms with Crippen LogP contribution in [0.1, 0.15) is 25.5 Å². The van der Waals surface area contributed by atoms with E-state index in [2.05, 4.69) is 12.0 Å². The first-order valence-corrected chi connectivity index (χ1v) is 8.68. The Balaban J connectivity index is 1.71. The number of aryl methyl sites for hydroxylation is 2. The maximum absolute atomic E-state index is 12.9. The van der Waals surface area contributed by atoms with Gasteiger partial charge in [-0.25, -0.2) is 4.68 Å². The molecular formula is C18H22N4O3. The number of hydrogen-bond acceptors (Lipinski definition) is 4. The highest BCUT2D eigenvalue weighted by molar-refractivity contribution is 6.04. The van der Waals surface area contributed by atoms with Gasteiger partial charge in [0.2, 0.25) is 5.91 Å². The van der Waals surface area contributed by atoms with Gasteiger partial charge in [-0.15, -0.1) is 0 Å². The van der Waals surface area contributed by atoms with Crippen molar-refractivity contribution in [3.63, 3.8) is 0 Å². The van der Waals surface area contributed by atoms with Gasteiger partial charge in [0.25, 0.3) is 5.56 Å². The first-order chi connectivity index (χ1) is 12.0. The molecular weight excluding hydrogens is 320 g/mol. The maximum Gasteiger partial charge on any atom is 0.291 e. The Morgan fingerprint density at radius 2 is 2.24 bits per heavy atom. The molecule has 7 nitrogen and oxygen atoms in total. The molecule has 3 aromatic heterocycles. The minimum absolute atomic E-state index is 0.0208. The normalized spacial score (nSPS) is 18.4. The predicted octanol–water partition coefficient (Wildman–Crippen LogP) is 2.05. The van der Waals surface area contributed by atoms with Gasteiger partial charge in [-0.1, -0.05) is 6.92 Å². The number of rotatable bonds is 2. The highest BCUT2D eigenvalue weighted by Crippen LogP contribution is 2.28. The van der Waals surface area contributed by atoms with Gasteiger partial charge in [-0.2, -0.15) is 5.10 Å². The minimum Gasteiger partial charge on any atom is -0.459 e. The van der Waals surface area contributed by atoms with Gasteiger partial charge in [0.1, 0.15) is 17.8 Å². The third-order valence-corrected chi connectivity index (χ3v) is 5.09. The Morgan fingerprint density at radius 3 is 3.00 bits per heavy atom. The molecule has 1 fully saturated rings. The van der Waals surface area contributed by atoms with E-state index in [0.29, 0.717) is 22.4 Å². The second-order valence-electron chi connectivity index (χ2n) is 7.09. The largest absolute Gasteiger partial charge is 0.459 e. The van der Waals surface area contributed by atoms with Crippen LogP contribution in [-0.2, 0) is 18.4 Å². The second kappa shape index (κ2) is 5.75. The number of nitrogens with zero attached hydrogens (tertiary/aromatic N) is 4. The molecule has 1 aliphatic heterocycles. The van der Waals surface area contributed by atoms with Crippen LogP contribution in [0.3, 0.4) is 0 Å². The van der Waals surface area contributed by atoms with E-state index in [1.54, 1.807) is 6.20 Å². The van der Waals surface area contributed by atoms with Gasteiger partial charge in [0.15, 0.2) is 5.58 Å². The summed E-state index contributed by atoms with van der Waals surface area (Å²) in [4.78, 5) is 27.2. The molecule has 0 aromatic carbocycles. The lowest BCUT2D eigenvalue weighted by molar-refractivity contribution is -0.133. The zero-order chi connectivity index (χ0) is 17.7. The molecule has 0 N–H and O–H groups in total. The molecule has 7 heteroatoms. The van der Waals surface area contributed by atoms with Crippen molar-refractivity contribution in [2.75, 3.05) is 13.1 Å². The highest BCUT2D eigenvalue weighted by Gasteiger charge is 2.23. The fourth-order valence-corrected chi connectivity index (χ4v) is 3.79. The van der Waals surface area contributed by atoms with Crippen molar-refractivity contribution < 1.29 is 9.21 Å². The van der Waals surface area contributed by atoms with Gasteiger partial charge in [-0.3, -0.25) is 9.59 Å². The van der Waals surface area contributed by atoms with Gasteiger partial charge in [-0.05, 0) is 25.7 Å². The smallest absolute Gasteiger partial charge is 0.291 e. The Hall–Kier alpha value is -2.57. The van der Waals surface area contributed by atoms with E-state index in [-0.39, 0.29) is 18.0 Å². The summed E-state index contributed by atoms with van der Waals surface area (Å²) in [5, 5.41) is 4.90. The minimum atomic E-state index is -0.262. The fourth-order valence-electron chi connectivity index (χ4n) is 3.79. The Bertz CT molecular complexity index is 1030. The number of furan rings is 1. The molecule has 0 saturated carbocycles. The molecule has 1 atom stereocenters. The van der Waals surface area contributed by atoms with E-state index in [1.165, 1.54) is 4.68 Å². The number of aromatic nitrogens is 3. The van der Waals surface area contributed by atoms with Crippen molar-refractivity contribution >= 4 is 27.9 Å². The van der Waals surface area contributed by atoms with Crippen LogP contribution in [0.25, 0.3) is 22.0 Å². The van der Waals surface area contributed by atoms with Crippen LogP contribution in [0, 0.1) is 12.8 Å². The summed E-state index contributed by atoms with van der Waals surface area (Å²) in [6, 6.07) is 1.90. The van der Waals surface area contributed by atoms with Crippen molar-refractivity contribution in [2.24, 2.45) is 13.0 Å². The molecule has 132 valence electrons. The molecule has 4 rings (SSSR count). The first-order valence-electron chi connectivity index (χ1n) is 8.68. The molecule has 25 heavy (non-hydrogen) atoms. The standard InChI is InChI=1S/C18H22N4O3/c1-11-5-4-6-21(9-11)15(23)10-22-18(24)16-13(8-19-22)17-14(20(16)3)7-12(2)25-17/h7-8,11H,4-6,9-10H2,1-3H3/t11-/m1/s1. The van der Waals surface area contributed by atoms with E-state index in [4.69, 9.17) is 4.42 Å². The Labute approximate surface area is 144 Å². The van der Waals surface area contributed by atoms with Crippen LogP contribution in [0.4, 0.5) is 0 Å². The van der Waals surface area contributed by atoms with Crippen molar-refractivity contribution in [2.45, 2.75) is 33.2 Å². The molecule has 0 radical (unpaired) electrons. The van der Waals surface area contributed by atoms with E-state index in [1.807, 2.05) is 29.5 Å². The number of likely N-dealkylation sites (tertiary alicyclic amines) is 1. The molecule has 1 amide bonds. The summed E-state index contributed by atoms with van der Waals surface area (Å²) in [7, 11) is 1.83. The molecule has 0 aliphatic carbocycles. The lowest BCUT2D eigenvalue weighted by atomic mass is 10.0.